The van der Waals surface area contributed by atoms with Gasteiger partial charge in [-0.1, -0.05) is 17.7 Å². The summed E-state index contributed by atoms with van der Waals surface area (Å²) < 4.78 is 14.1. The van der Waals surface area contributed by atoms with Crippen molar-refractivity contribution in [3.8, 4) is 10.6 Å². The molecule has 2 aromatic heterocycles. The zero-order valence-electron chi connectivity index (χ0n) is 10.9. The van der Waals surface area contributed by atoms with Gasteiger partial charge in [0.1, 0.15) is 11.3 Å². The Bertz CT molecular complexity index is 862. The Labute approximate surface area is 128 Å². The van der Waals surface area contributed by atoms with Crippen molar-refractivity contribution in [2.45, 2.75) is 6.92 Å². The number of rotatable bonds is 2. The number of carboxylic acid groups (broad SMARTS) is 1. The molecule has 0 unspecified atom stereocenters. The second kappa shape index (κ2) is 5.09. The lowest BCUT2D eigenvalue weighted by Gasteiger charge is -2.12. The van der Waals surface area contributed by atoms with E-state index in [2.05, 4.69) is 4.98 Å². The summed E-state index contributed by atoms with van der Waals surface area (Å²) in [4.78, 5) is 16.7. The zero-order chi connectivity index (χ0) is 15.1. The molecule has 0 atom stereocenters. The van der Waals surface area contributed by atoms with E-state index in [1.165, 1.54) is 23.5 Å². The van der Waals surface area contributed by atoms with E-state index in [0.29, 0.717) is 11.3 Å². The van der Waals surface area contributed by atoms with Gasteiger partial charge in [0.15, 0.2) is 0 Å². The first-order valence-electron chi connectivity index (χ1n) is 6.06. The van der Waals surface area contributed by atoms with Crippen molar-refractivity contribution in [2.24, 2.45) is 0 Å². The van der Waals surface area contributed by atoms with E-state index in [1.54, 1.807) is 6.92 Å². The number of fused-ring (bicyclic) bond motifs is 1. The molecule has 2 heterocycles. The number of nitrogens with zero attached hydrogens (tertiary/aromatic N) is 1. The highest BCUT2D eigenvalue weighted by Crippen LogP contribution is 2.35. The number of aromatic carboxylic acids is 1. The fraction of sp³-hybridized carbons (Fsp3) is 0.0667. The highest BCUT2D eigenvalue weighted by molar-refractivity contribution is 7.13. The van der Waals surface area contributed by atoms with Gasteiger partial charge in [0.05, 0.1) is 21.2 Å². The van der Waals surface area contributed by atoms with Crippen molar-refractivity contribution >= 4 is 39.8 Å². The van der Waals surface area contributed by atoms with Crippen LogP contribution in [0.15, 0.2) is 29.6 Å². The average Bonchev–Trinajstić information content (AvgIpc) is 2.96. The SMILES string of the molecule is Cc1c(-c2cccs2)nc2c(F)ccc(Cl)c2c1C(=O)O. The van der Waals surface area contributed by atoms with Crippen LogP contribution in [0.25, 0.3) is 21.5 Å². The number of hydrogen-bond donors (Lipinski definition) is 1. The van der Waals surface area contributed by atoms with Crippen LogP contribution in [0.3, 0.4) is 0 Å². The first-order chi connectivity index (χ1) is 10.0. The Balaban J connectivity index is 2.52. The summed E-state index contributed by atoms with van der Waals surface area (Å²) in [6.07, 6.45) is 0. The molecule has 0 fully saturated rings. The minimum atomic E-state index is -1.15. The molecule has 0 aliphatic rings. The van der Waals surface area contributed by atoms with Crippen LogP contribution in [-0.4, -0.2) is 16.1 Å². The smallest absolute Gasteiger partial charge is 0.336 e. The standard InChI is InChI=1S/C15H9ClFNO2S/c1-7-11(15(19)20)12-8(16)4-5-9(17)14(12)18-13(7)10-3-2-6-21-10/h2-6H,1H3,(H,19,20). The molecule has 0 aliphatic heterocycles. The number of halogens is 2. The van der Waals surface area contributed by atoms with E-state index in [4.69, 9.17) is 11.6 Å². The maximum Gasteiger partial charge on any atom is 0.336 e. The molecule has 0 amide bonds. The van der Waals surface area contributed by atoms with Gasteiger partial charge in [0.25, 0.3) is 0 Å². The molecule has 6 heteroatoms. The average molecular weight is 322 g/mol. The predicted molar refractivity (Wildman–Crippen MR) is 81.7 cm³/mol. The van der Waals surface area contributed by atoms with Crippen molar-refractivity contribution in [1.82, 2.24) is 4.98 Å². The van der Waals surface area contributed by atoms with Crippen molar-refractivity contribution in [3.05, 3.63) is 51.6 Å². The van der Waals surface area contributed by atoms with Crippen molar-refractivity contribution < 1.29 is 14.3 Å². The molecule has 0 bridgehead atoms. The lowest BCUT2D eigenvalue weighted by atomic mass is 10.0. The Morgan fingerprint density at radius 3 is 2.76 bits per heavy atom. The summed E-state index contributed by atoms with van der Waals surface area (Å²) in [7, 11) is 0. The van der Waals surface area contributed by atoms with Gasteiger partial charge in [-0.3, -0.25) is 0 Å². The van der Waals surface area contributed by atoms with Crippen LogP contribution in [0.1, 0.15) is 15.9 Å². The summed E-state index contributed by atoms with van der Waals surface area (Å²) >= 11 is 7.48. The van der Waals surface area contributed by atoms with Crippen LogP contribution in [0.5, 0.6) is 0 Å². The van der Waals surface area contributed by atoms with Crippen LogP contribution >= 0.6 is 22.9 Å². The van der Waals surface area contributed by atoms with Crippen molar-refractivity contribution in [3.63, 3.8) is 0 Å². The van der Waals surface area contributed by atoms with E-state index in [0.717, 1.165) is 4.88 Å². The molecule has 0 saturated heterocycles. The maximum atomic E-state index is 14.1. The lowest BCUT2D eigenvalue weighted by molar-refractivity contribution is 0.0698. The minimum absolute atomic E-state index is 0.00657. The van der Waals surface area contributed by atoms with Gasteiger partial charge in [0.2, 0.25) is 0 Å². The topological polar surface area (TPSA) is 50.2 Å². The first-order valence-corrected chi connectivity index (χ1v) is 7.32. The van der Waals surface area contributed by atoms with Crippen LogP contribution in [0.2, 0.25) is 5.02 Å². The third-order valence-corrected chi connectivity index (χ3v) is 4.44. The first kappa shape index (κ1) is 14.0. The Morgan fingerprint density at radius 1 is 1.38 bits per heavy atom. The van der Waals surface area contributed by atoms with Crippen LogP contribution in [0, 0.1) is 12.7 Å². The predicted octanol–water partition coefficient (Wildman–Crippen LogP) is 4.76. The van der Waals surface area contributed by atoms with Gasteiger partial charge in [-0.2, -0.15) is 0 Å². The van der Waals surface area contributed by atoms with Crippen molar-refractivity contribution in [2.75, 3.05) is 0 Å². The third-order valence-electron chi connectivity index (χ3n) is 3.25. The Hall–Kier alpha value is -1.98. The molecular weight excluding hydrogens is 313 g/mol. The molecule has 3 aromatic rings. The third kappa shape index (κ3) is 2.18. The summed E-state index contributed by atoms with van der Waals surface area (Å²) in [6.45, 7) is 1.66. The lowest BCUT2D eigenvalue weighted by Crippen LogP contribution is -2.06. The van der Waals surface area contributed by atoms with E-state index in [-0.39, 0.29) is 21.5 Å². The zero-order valence-corrected chi connectivity index (χ0v) is 12.4. The maximum absolute atomic E-state index is 14.1. The monoisotopic (exact) mass is 321 g/mol. The Morgan fingerprint density at radius 2 is 2.14 bits per heavy atom. The molecule has 3 rings (SSSR count). The number of carbonyl (C=O) groups is 1. The number of hydrogen-bond acceptors (Lipinski definition) is 3. The molecule has 106 valence electrons. The molecule has 3 nitrogen and oxygen atoms in total. The number of thiophene rings is 1. The van der Waals surface area contributed by atoms with E-state index in [9.17, 15) is 14.3 Å². The van der Waals surface area contributed by atoms with E-state index >= 15 is 0 Å². The number of pyridine rings is 1. The van der Waals surface area contributed by atoms with Gasteiger partial charge in [-0.25, -0.2) is 14.2 Å². The van der Waals surface area contributed by atoms with Crippen molar-refractivity contribution in [1.29, 1.82) is 0 Å². The van der Waals surface area contributed by atoms with E-state index < -0.39 is 11.8 Å². The summed E-state index contributed by atoms with van der Waals surface area (Å²) in [5, 5.41) is 11.7. The van der Waals surface area contributed by atoms with Gasteiger partial charge in [0, 0.05) is 5.39 Å². The van der Waals surface area contributed by atoms with Gasteiger partial charge >= 0.3 is 5.97 Å². The largest absolute Gasteiger partial charge is 0.478 e. The van der Waals surface area contributed by atoms with Gasteiger partial charge < -0.3 is 5.11 Å². The molecule has 0 radical (unpaired) electrons. The Kier molecular flexibility index (Phi) is 3.39. The fourth-order valence-corrected chi connectivity index (χ4v) is 3.33. The quantitative estimate of drug-likeness (QED) is 0.740. The molecule has 0 spiro atoms. The van der Waals surface area contributed by atoms with Crippen LogP contribution < -0.4 is 0 Å². The summed E-state index contributed by atoms with van der Waals surface area (Å²) in [5.74, 6) is -1.74. The molecule has 1 aromatic carbocycles. The number of carboxylic acids is 1. The van der Waals surface area contributed by atoms with Crippen LogP contribution in [-0.2, 0) is 0 Å². The number of benzene rings is 1. The minimum Gasteiger partial charge on any atom is -0.478 e. The molecule has 1 N–H and O–H groups in total. The highest BCUT2D eigenvalue weighted by Gasteiger charge is 2.22. The molecule has 0 saturated carbocycles. The highest BCUT2D eigenvalue weighted by atomic mass is 35.5. The second-order valence-corrected chi connectivity index (χ2v) is 5.85. The normalized spacial score (nSPS) is 11.0. The van der Waals surface area contributed by atoms with E-state index in [1.807, 2.05) is 17.5 Å². The summed E-state index contributed by atoms with van der Waals surface area (Å²) in [6, 6.07) is 6.19. The molecule has 21 heavy (non-hydrogen) atoms. The van der Waals surface area contributed by atoms with Gasteiger partial charge in [-0.15, -0.1) is 11.3 Å². The second-order valence-electron chi connectivity index (χ2n) is 4.50. The van der Waals surface area contributed by atoms with Crippen LogP contribution in [0.4, 0.5) is 4.39 Å². The van der Waals surface area contributed by atoms with Gasteiger partial charge in [-0.05, 0) is 36.1 Å². The fourth-order valence-electron chi connectivity index (χ4n) is 2.31. The molecular formula is C15H9ClFNO2S. The molecule has 0 aliphatic carbocycles. The summed E-state index contributed by atoms with van der Waals surface area (Å²) in [5.41, 5.74) is 0.919. The number of aromatic nitrogens is 1.